The summed E-state index contributed by atoms with van der Waals surface area (Å²) in [6.45, 7) is -0.146. The Morgan fingerprint density at radius 1 is 1.12 bits per heavy atom. The number of hydrogen-bond acceptors (Lipinski definition) is 6. The Labute approximate surface area is 201 Å². The van der Waals surface area contributed by atoms with Crippen LogP contribution in [-0.4, -0.2) is 30.3 Å². The fourth-order valence-electron chi connectivity index (χ4n) is 3.44. The molecule has 0 atom stereocenters. The van der Waals surface area contributed by atoms with Crippen LogP contribution in [-0.2, 0) is 11.3 Å². The Hall–Kier alpha value is -3.60. The summed E-state index contributed by atoms with van der Waals surface area (Å²) >= 11 is 12.6. The molecule has 0 bridgehead atoms. The van der Waals surface area contributed by atoms with Gasteiger partial charge in [0, 0.05) is 21.5 Å². The highest BCUT2D eigenvalue weighted by Gasteiger charge is 2.16. The summed E-state index contributed by atoms with van der Waals surface area (Å²) in [7, 11) is 0. The molecule has 0 aliphatic heterocycles. The Balaban J connectivity index is 1.45. The fraction of sp³-hybridized carbons (Fsp3) is 0.0455. The van der Waals surface area contributed by atoms with Crippen molar-refractivity contribution >= 4 is 51.3 Å². The number of nitrogens with zero attached hydrogens (tertiary/aromatic N) is 4. The Kier molecular flexibility index (Phi) is 5.63. The monoisotopic (exact) mass is 494 g/mol. The van der Waals surface area contributed by atoms with Crippen LogP contribution >= 0.6 is 35.2 Å². The van der Waals surface area contributed by atoms with E-state index in [1.807, 2.05) is 35.7 Å². The van der Waals surface area contributed by atoms with Gasteiger partial charge >= 0.3 is 0 Å². The zero-order chi connectivity index (χ0) is 22.9. The molecule has 0 saturated heterocycles. The second-order valence-electron chi connectivity index (χ2n) is 7.10. The minimum atomic E-state index is -0.456. The first kappa shape index (κ1) is 21.3. The van der Waals surface area contributed by atoms with Gasteiger partial charge in [0.1, 0.15) is 17.7 Å². The lowest BCUT2D eigenvalue weighted by Gasteiger charge is -2.10. The predicted molar refractivity (Wildman–Crippen MR) is 132 cm³/mol. The molecule has 5 aromatic rings. The number of benzene rings is 2. The van der Waals surface area contributed by atoms with Crippen LogP contribution in [0.4, 0.5) is 0 Å². The highest BCUT2D eigenvalue weighted by molar-refractivity contribution is 7.71. The quantitative estimate of drug-likeness (QED) is 0.351. The molecule has 0 aliphatic carbocycles. The van der Waals surface area contributed by atoms with Crippen LogP contribution in [0.25, 0.3) is 32.7 Å². The second kappa shape index (κ2) is 8.74. The zero-order valence-corrected chi connectivity index (χ0v) is 19.2. The zero-order valence-electron chi connectivity index (χ0n) is 16.9. The lowest BCUT2D eigenvalue weighted by molar-refractivity contribution is -0.117. The third-order valence-corrected chi connectivity index (χ3v) is 6.44. The van der Waals surface area contributed by atoms with Crippen molar-refractivity contribution in [2.24, 2.45) is 0 Å². The number of carbonyl (C=O) groups is 1. The molecule has 0 aliphatic rings. The minimum absolute atomic E-state index is 0.146. The smallest absolute Gasteiger partial charge is 0.281 e. The van der Waals surface area contributed by atoms with Gasteiger partial charge in [0.15, 0.2) is 10.6 Å². The SMILES string of the molecule is O=C(Cn1c(-c2ccc(Cl)cc2)n[nH]c1=S)Nn1cnc2scc(-c3ccccc3)c2c1=O. The van der Waals surface area contributed by atoms with Gasteiger partial charge in [0.25, 0.3) is 11.5 Å². The average Bonchev–Trinajstić information content (AvgIpc) is 3.41. The number of amides is 1. The Morgan fingerprint density at radius 2 is 1.88 bits per heavy atom. The number of nitrogens with one attached hydrogen (secondary N) is 2. The molecule has 3 aromatic heterocycles. The van der Waals surface area contributed by atoms with Gasteiger partial charge in [0.05, 0.1) is 5.39 Å². The summed E-state index contributed by atoms with van der Waals surface area (Å²) in [5, 5.41) is 9.85. The van der Waals surface area contributed by atoms with E-state index in [4.69, 9.17) is 23.8 Å². The van der Waals surface area contributed by atoms with E-state index in [0.29, 0.717) is 21.1 Å². The summed E-state index contributed by atoms with van der Waals surface area (Å²) in [5.41, 5.74) is 4.67. The molecule has 0 fully saturated rings. The van der Waals surface area contributed by atoms with Crippen molar-refractivity contribution in [1.29, 1.82) is 0 Å². The molecular formula is C22H15ClN6O2S2. The lowest BCUT2D eigenvalue weighted by atomic mass is 10.1. The maximum Gasteiger partial charge on any atom is 0.281 e. The summed E-state index contributed by atoms with van der Waals surface area (Å²) in [4.78, 5) is 30.9. The highest BCUT2D eigenvalue weighted by atomic mass is 35.5. The average molecular weight is 495 g/mol. The van der Waals surface area contributed by atoms with E-state index in [1.165, 1.54) is 17.7 Å². The van der Waals surface area contributed by atoms with Crippen LogP contribution in [0.1, 0.15) is 0 Å². The number of aromatic nitrogens is 5. The topological polar surface area (TPSA) is 97.6 Å². The van der Waals surface area contributed by atoms with Crippen LogP contribution in [0.5, 0.6) is 0 Å². The number of rotatable bonds is 5. The van der Waals surface area contributed by atoms with Crippen molar-refractivity contribution < 1.29 is 4.79 Å². The van der Waals surface area contributed by atoms with E-state index < -0.39 is 5.91 Å². The van der Waals surface area contributed by atoms with E-state index in [0.717, 1.165) is 21.4 Å². The van der Waals surface area contributed by atoms with Crippen molar-refractivity contribution in [2.45, 2.75) is 6.54 Å². The number of aromatic amines is 1. The minimum Gasteiger partial charge on any atom is -0.291 e. The predicted octanol–water partition coefficient (Wildman–Crippen LogP) is 4.47. The van der Waals surface area contributed by atoms with Crippen LogP contribution in [0.15, 0.2) is 71.1 Å². The molecule has 164 valence electrons. The summed E-state index contributed by atoms with van der Waals surface area (Å²) in [6.07, 6.45) is 1.31. The van der Waals surface area contributed by atoms with Crippen molar-refractivity contribution in [2.75, 3.05) is 5.43 Å². The molecule has 0 spiro atoms. The number of thiophene rings is 1. The van der Waals surface area contributed by atoms with Gasteiger partial charge < -0.3 is 0 Å². The standard InChI is InChI=1S/C22H15ClN6O2S2/c23-15-8-6-14(7-9-15)19-25-26-22(32)28(19)10-17(30)27-29-12-24-20-18(21(29)31)16(11-33-20)13-4-2-1-3-5-13/h1-9,11-12H,10H2,(H,26,32)(H,27,30). The molecule has 11 heteroatoms. The number of halogens is 1. The molecule has 33 heavy (non-hydrogen) atoms. The van der Waals surface area contributed by atoms with Gasteiger partial charge in [0.2, 0.25) is 0 Å². The molecule has 0 saturated carbocycles. The molecule has 2 N–H and O–H groups in total. The van der Waals surface area contributed by atoms with Gasteiger partial charge in [-0.2, -0.15) is 5.10 Å². The molecule has 2 aromatic carbocycles. The molecule has 1 amide bonds. The third kappa shape index (κ3) is 4.11. The first-order chi connectivity index (χ1) is 16.0. The first-order valence-electron chi connectivity index (χ1n) is 9.76. The van der Waals surface area contributed by atoms with Crippen molar-refractivity contribution in [3.8, 4) is 22.5 Å². The summed E-state index contributed by atoms with van der Waals surface area (Å²) < 4.78 is 2.92. The molecule has 0 radical (unpaired) electrons. The lowest BCUT2D eigenvalue weighted by Crippen LogP contribution is -2.35. The van der Waals surface area contributed by atoms with Gasteiger partial charge in [-0.05, 0) is 42.0 Å². The Bertz CT molecular complexity index is 1590. The highest BCUT2D eigenvalue weighted by Crippen LogP contribution is 2.30. The van der Waals surface area contributed by atoms with Crippen molar-refractivity contribution in [1.82, 2.24) is 24.4 Å². The number of carbonyl (C=O) groups excluding carboxylic acids is 1. The number of H-pyrrole nitrogens is 1. The Morgan fingerprint density at radius 3 is 2.64 bits per heavy atom. The summed E-state index contributed by atoms with van der Waals surface area (Å²) in [5.74, 6) is 0.0272. The van der Waals surface area contributed by atoms with Crippen molar-refractivity contribution in [3.63, 3.8) is 0 Å². The van der Waals surface area contributed by atoms with Crippen LogP contribution in [0.3, 0.4) is 0 Å². The maximum atomic E-state index is 13.2. The molecule has 0 unspecified atom stereocenters. The van der Waals surface area contributed by atoms with E-state index in [-0.39, 0.29) is 16.9 Å². The van der Waals surface area contributed by atoms with E-state index in [1.54, 1.807) is 28.8 Å². The van der Waals surface area contributed by atoms with Gasteiger partial charge in [-0.1, -0.05) is 41.9 Å². The van der Waals surface area contributed by atoms with Gasteiger partial charge in [-0.15, -0.1) is 11.3 Å². The summed E-state index contributed by atoms with van der Waals surface area (Å²) in [6, 6.07) is 16.6. The normalized spacial score (nSPS) is 11.1. The second-order valence-corrected chi connectivity index (χ2v) is 8.78. The van der Waals surface area contributed by atoms with E-state index in [9.17, 15) is 9.59 Å². The molecule has 8 nitrogen and oxygen atoms in total. The van der Waals surface area contributed by atoms with Crippen molar-refractivity contribution in [3.05, 3.63) is 86.5 Å². The maximum absolute atomic E-state index is 13.2. The molecule has 3 heterocycles. The van der Waals surface area contributed by atoms with E-state index >= 15 is 0 Å². The number of fused-ring (bicyclic) bond motifs is 1. The van der Waals surface area contributed by atoms with E-state index in [2.05, 4.69) is 20.6 Å². The van der Waals surface area contributed by atoms with Gasteiger partial charge in [-0.3, -0.25) is 24.7 Å². The van der Waals surface area contributed by atoms with Gasteiger partial charge in [-0.25, -0.2) is 9.66 Å². The van der Waals surface area contributed by atoms with Crippen LogP contribution in [0, 0.1) is 4.77 Å². The molecule has 5 rings (SSSR count). The number of hydrogen-bond donors (Lipinski definition) is 2. The fourth-order valence-corrected chi connectivity index (χ4v) is 4.67. The van der Waals surface area contributed by atoms with Crippen LogP contribution < -0.4 is 11.0 Å². The molecular weight excluding hydrogens is 480 g/mol. The largest absolute Gasteiger partial charge is 0.291 e. The van der Waals surface area contributed by atoms with Crippen LogP contribution in [0.2, 0.25) is 5.02 Å². The first-order valence-corrected chi connectivity index (χ1v) is 11.4. The third-order valence-electron chi connectivity index (χ3n) is 4.99.